The van der Waals surface area contributed by atoms with Crippen molar-refractivity contribution in [1.82, 2.24) is 4.31 Å². The van der Waals surface area contributed by atoms with Crippen molar-refractivity contribution in [3.8, 4) is 0 Å². The van der Waals surface area contributed by atoms with E-state index in [0.29, 0.717) is 19.0 Å². The molecule has 0 unspecified atom stereocenters. The van der Waals surface area contributed by atoms with Crippen LogP contribution >= 0.6 is 24.0 Å². The molecule has 1 fully saturated rings. The van der Waals surface area contributed by atoms with Crippen molar-refractivity contribution in [2.75, 3.05) is 24.7 Å². The average molecular weight is 438 g/mol. The molecule has 0 spiro atoms. The average Bonchev–Trinajstić information content (AvgIpc) is 2.87. The van der Waals surface area contributed by atoms with Gasteiger partial charge in [-0.1, -0.05) is 17.7 Å². The molecule has 3 N–H and O–H groups in total. The number of anilines is 1. The number of guanidine groups is 1. The third kappa shape index (κ3) is 5.40. The van der Waals surface area contributed by atoms with Gasteiger partial charge in [0.1, 0.15) is 0 Å². The standard InChI is InChI=1S/C14H22N4O2S.HI/c1-11-5-7-12(8-6-11)17-14(15)16-10-13-4-3-9-18(13)21(2,19)20;/h5-8,13H,3-4,9-10H2,1-2H3,(H3,15,16,17);1H/t13-;/m1./s1. The highest BCUT2D eigenvalue weighted by Gasteiger charge is 2.30. The Balaban J connectivity index is 0.00000242. The van der Waals surface area contributed by atoms with Crippen LogP contribution in [0.3, 0.4) is 0 Å². The summed E-state index contributed by atoms with van der Waals surface area (Å²) in [5, 5.41) is 3.01. The molecule has 6 nitrogen and oxygen atoms in total. The number of nitrogens with two attached hydrogens (primary N) is 1. The van der Waals surface area contributed by atoms with Crippen LogP contribution in [0.4, 0.5) is 5.69 Å². The van der Waals surface area contributed by atoms with Crippen LogP contribution in [0.5, 0.6) is 0 Å². The van der Waals surface area contributed by atoms with Crippen LogP contribution in [0.1, 0.15) is 18.4 Å². The largest absolute Gasteiger partial charge is 0.370 e. The molecular formula is C14H23IN4O2S. The van der Waals surface area contributed by atoms with Crippen LogP contribution < -0.4 is 11.1 Å². The van der Waals surface area contributed by atoms with Gasteiger partial charge in [0.15, 0.2) is 5.96 Å². The van der Waals surface area contributed by atoms with E-state index in [2.05, 4.69) is 10.3 Å². The normalized spacial score (nSPS) is 19.7. The summed E-state index contributed by atoms with van der Waals surface area (Å²) in [5.41, 5.74) is 7.89. The zero-order valence-electron chi connectivity index (χ0n) is 12.8. The lowest BCUT2D eigenvalue weighted by molar-refractivity contribution is 0.397. The monoisotopic (exact) mass is 438 g/mol. The number of sulfonamides is 1. The molecule has 1 saturated heterocycles. The molecule has 0 aromatic heterocycles. The topological polar surface area (TPSA) is 87.8 Å². The fraction of sp³-hybridized carbons (Fsp3) is 0.500. The smallest absolute Gasteiger partial charge is 0.211 e. The van der Waals surface area contributed by atoms with E-state index in [9.17, 15) is 8.42 Å². The lowest BCUT2D eigenvalue weighted by atomic mass is 10.2. The molecular weight excluding hydrogens is 415 g/mol. The second-order valence-corrected chi connectivity index (χ2v) is 7.32. The summed E-state index contributed by atoms with van der Waals surface area (Å²) >= 11 is 0. The van der Waals surface area contributed by atoms with Gasteiger partial charge in [-0.05, 0) is 31.9 Å². The molecule has 0 amide bonds. The maximum atomic E-state index is 11.6. The van der Waals surface area contributed by atoms with E-state index in [1.807, 2.05) is 31.2 Å². The minimum absolute atomic E-state index is 0. The molecule has 22 heavy (non-hydrogen) atoms. The van der Waals surface area contributed by atoms with Gasteiger partial charge in [0.05, 0.1) is 12.8 Å². The quantitative estimate of drug-likeness (QED) is 0.426. The van der Waals surface area contributed by atoms with E-state index in [4.69, 9.17) is 5.73 Å². The Morgan fingerprint density at radius 2 is 2.05 bits per heavy atom. The molecule has 0 saturated carbocycles. The number of halogens is 1. The second kappa shape index (κ2) is 8.11. The minimum atomic E-state index is -3.16. The van der Waals surface area contributed by atoms with Gasteiger partial charge < -0.3 is 11.1 Å². The molecule has 2 rings (SSSR count). The number of nitrogens with zero attached hydrogens (tertiary/aromatic N) is 2. The highest BCUT2D eigenvalue weighted by molar-refractivity contribution is 14.0. The molecule has 8 heteroatoms. The van der Waals surface area contributed by atoms with Gasteiger partial charge in [-0.2, -0.15) is 4.31 Å². The summed E-state index contributed by atoms with van der Waals surface area (Å²) in [6.07, 6.45) is 2.94. The Morgan fingerprint density at radius 3 is 2.64 bits per heavy atom. The first-order valence-corrected chi connectivity index (χ1v) is 8.81. The summed E-state index contributed by atoms with van der Waals surface area (Å²) < 4.78 is 24.8. The molecule has 1 heterocycles. The van der Waals surface area contributed by atoms with Gasteiger partial charge in [0.2, 0.25) is 10.0 Å². The summed E-state index contributed by atoms with van der Waals surface area (Å²) in [7, 11) is -3.16. The fourth-order valence-corrected chi connectivity index (χ4v) is 3.63. The number of rotatable bonds is 4. The summed E-state index contributed by atoms with van der Waals surface area (Å²) in [6.45, 7) is 2.98. The Morgan fingerprint density at radius 1 is 1.41 bits per heavy atom. The fourth-order valence-electron chi connectivity index (χ4n) is 2.46. The first-order chi connectivity index (χ1) is 9.86. The van der Waals surface area contributed by atoms with Gasteiger partial charge in [-0.3, -0.25) is 4.99 Å². The van der Waals surface area contributed by atoms with Crippen molar-refractivity contribution in [3.63, 3.8) is 0 Å². The van der Waals surface area contributed by atoms with E-state index >= 15 is 0 Å². The lowest BCUT2D eigenvalue weighted by Gasteiger charge is -2.20. The molecule has 1 atom stereocenters. The summed E-state index contributed by atoms with van der Waals surface area (Å²) in [4.78, 5) is 4.26. The highest BCUT2D eigenvalue weighted by atomic mass is 127. The molecule has 1 aromatic rings. The summed E-state index contributed by atoms with van der Waals surface area (Å²) in [6, 6.07) is 7.74. The Hall–Kier alpha value is -0.870. The third-order valence-corrected chi connectivity index (χ3v) is 4.88. The van der Waals surface area contributed by atoms with Crippen LogP contribution in [-0.2, 0) is 10.0 Å². The Labute approximate surface area is 149 Å². The highest BCUT2D eigenvalue weighted by Crippen LogP contribution is 2.20. The number of aryl methyl sites for hydroxylation is 1. The molecule has 0 aliphatic carbocycles. The van der Waals surface area contributed by atoms with Gasteiger partial charge in [0.25, 0.3) is 0 Å². The van der Waals surface area contributed by atoms with Gasteiger partial charge >= 0.3 is 0 Å². The molecule has 1 aliphatic heterocycles. The number of hydrogen-bond acceptors (Lipinski definition) is 3. The molecule has 1 aliphatic rings. The van der Waals surface area contributed by atoms with Crippen molar-refractivity contribution in [3.05, 3.63) is 29.8 Å². The predicted molar refractivity (Wildman–Crippen MR) is 101 cm³/mol. The van der Waals surface area contributed by atoms with Crippen molar-refractivity contribution >= 4 is 45.6 Å². The van der Waals surface area contributed by atoms with Crippen LogP contribution in [0.2, 0.25) is 0 Å². The number of nitrogens with one attached hydrogen (secondary N) is 1. The Kier molecular flexibility index (Phi) is 7.07. The zero-order valence-corrected chi connectivity index (χ0v) is 16.0. The first kappa shape index (κ1) is 19.2. The first-order valence-electron chi connectivity index (χ1n) is 6.96. The molecule has 1 aromatic carbocycles. The predicted octanol–water partition coefficient (Wildman–Crippen LogP) is 1.76. The van der Waals surface area contributed by atoms with Crippen LogP contribution in [0.15, 0.2) is 29.3 Å². The van der Waals surface area contributed by atoms with Crippen molar-refractivity contribution < 1.29 is 8.42 Å². The van der Waals surface area contributed by atoms with Crippen molar-refractivity contribution in [2.24, 2.45) is 10.7 Å². The van der Waals surface area contributed by atoms with E-state index in [1.54, 1.807) is 0 Å². The van der Waals surface area contributed by atoms with Gasteiger partial charge in [-0.25, -0.2) is 8.42 Å². The van der Waals surface area contributed by atoms with Crippen LogP contribution in [-0.4, -0.2) is 44.1 Å². The van der Waals surface area contributed by atoms with Crippen LogP contribution in [0, 0.1) is 6.92 Å². The van der Waals surface area contributed by atoms with Crippen LogP contribution in [0.25, 0.3) is 0 Å². The zero-order chi connectivity index (χ0) is 15.5. The van der Waals surface area contributed by atoms with Gasteiger partial charge in [-0.15, -0.1) is 24.0 Å². The molecule has 0 radical (unpaired) electrons. The maximum absolute atomic E-state index is 11.6. The number of aliphatic imine (C=N–C) groups is 1. The lowest BCUT2D eigenvalue weighted by Crippen LogP contribution is -2.37. The minimum Gasteiger partial charge on any atom is -0.370 e. The van der Waals surface area contributed by atoms with E-state index in [0.717, 1.165) is 18.5 Å². The third-order valence-electron chi connectivity index (χ3n) is 3.55. The molecule has 124 valence electrons. The van der Waals surface area contributed by atoms with E-state index < -0.39 is 10.0 Å². The van der Waals surface area contributed by atoms with E-state index in [1.165, 1.54) is 16.1 Å². The SMILES string of the molecule is Cc1ccc(NC(N)=NC[C@H]2CCCN2S(C)(=O)=O)cc1.I. The Bertz CT molecular complexity index is 616. The molecule has 0 bridgehead atoms. The maximum Gasteiger partial charge on any atom is 0.211 e. The van der Waals surface area contributed by atoms with Gasteiger partial charge in [0, 0.05) is 18.3 Å². The summed E-state index contributed by atoms with van der Waals surface area (Å²) in [5.74, 6) is 0.305. The second-order valence-electron chi connectivity index (χ2n) is 5.39. The van der Waals surface area contributed by atoms with Crippen molar-refractivity contribution in [2.45, 2.75) is 25.8 Å². The number of hydrogen-bond donors (Lipinski definition) is 2. The van der Waals surface area contributed by atoms with E-state index in [-0.39, 0.29) is 30.0 Å². The van der Waals surface area contributed by atoms with Crippen molar-refractivity contribution in [1.29, 1.82) is 0 Å². The number of benzene rings is 1.